The van der Waals surface area contributed by atoms with E-state index in [1.807, 2.05) is 13.8 Å². The molecular formula is C16H20ClNO5. The molecule has 0 radical (unpaired) electrons. The Morgan fingerprint density at radius 1 is 1.26 bits per heavy atom. The molecule has 1 aliphatic rings. The van der Waals surface area contributed by atoms with Gasteiger partial charge in [0.1, 0.15) is 13.2 Å². The number of carbonyl (C=O) groups excluding carboxylic acids is 1. The molecule has 7 heteroatoms. The minimum atomic E-state index is -0.943. The molecule has 1 aliphatic heterocycles. The first-order valence-corrected chi connectivity index (χ1v) is 7.83. The van der Waals surface area contributed by atoms with Gasteiger partial charge in [-0.3, -0.25) is 9.59 Å². The van der Waals surface area contributed by atoms with Gasteiger partial charge in [0.2, 0.25) is 5.91 Å². The smallest absolute Gasteiger partial charge is 0.305 e. The monoisotopic (exact) mass is 341 g/mol. The second-order valence-corrected chi connectivity index (χ2v) is 6.19. The van der Waals surface area contributed by atoms with Crippen molar-refractivity contribution in [3.05, 3.63) is 22.7 Å². The molecule has 0 saturated carbocycles. The van der Waals surface area contributed by atoms with Gasteiger partial charge in [0, 0.05) is 17.1 Å². The maximum atomic E-state index is 12.2. The van der Waals surface area contributed by atoms with E-state index in [-0.39, 0.29) is 24.7 Å². The molecule has 23 heavy (non-hydrogen) atoms. The van der Waals surface area contributed by atoms with Crippen molar-refractivity contribution in [3.8, 4) is 11.5 Å². The Balaban J connectivity index is 2.06. The van der Waals surface area contributed by atoms with Gasteiger partial charge in [-0.1, -0.05) is 25.4 Å². The van der Waals surface area contributed by atoms with Crippen molar-refractivity contribution in [3.63, 3.8) is 0 Å². The summed E-state index contributed by atoms with van der Waals surface area (Å²) in [6.45, 7) is 4.65. The van der Waals surface area contributed by atoms with Crippen LogP contribution in [0.25, 0.3) is 0 Å². The lowest BCUT2D eigenvalue weighted by Gasteiger charge is -2.22. The minimum Gasteiger partial charge on any atom is -0.486 e. The van der Waals surface area contributed by atoms with Gasteiger partial charge in [-0.25, -0.2) is 0 Å². The molecule has 0 fully saturated rings. The summed E-state index contributed by atoms with van der Waals surface area (Å²) in [7, 11) is 0. The Morgan fingerprint density at radius 3 is 2.43 bits per heavy atom. The lowest BCUT2D eigenvalue weighted by atomic mass is 10.0. The highest BCUT2D eigenvalue weighted by atomic mass is 35.5. The molecule has 1 amide bonds. The van der Waals surface area contributed by atoms with Crippen molar-refractivity contribution in [2.45, 2.75) is 32.7 Å². The molecule has 0 saturated heterocycles. The summed E-state index contributed by atoms with van der Waals surface area (Å²) in [6, 6.07) is 2.91. The lowest BCUT2D eigenvalue weighted by molar-refractivity contribution is -0.138. The molecule has 0 aliphatic carbocycles. The van der Waals surface area contributed by atoms with E-state index in [2.05, 4.69) is 5.32 Å². The van der Waals surface area contributed by atoms with E-state index in [0.29, 0.717) is 35.3 Å². The first-order chi connectivity index (χ1) is 10.9. The highest BCUT2D eigenvalue weighted by Crippen LogP contribution is 2.35. The molecule has 2 rings (SSSR count). The lowest BCUT2D eigenvalue weighted by Crippen LogP contribution is -2.40. The molecule has 1 unspecified atom stereocenters. The van der Waals surface area contributed by atoms with E-state index in [1.165, 1.54) is 0 Å². The molecule has 0 aromatic heterocycles. The highest BCUT2D eigenvalue weighted by molar-refractivity contribution is 6.31. The van der Waals surface area contributed by atoms with Crippen LogP contribution in [0.4, 0.5) is 0 Å². The van der Waals surface area contributed by atoms with Gasteiger partial charge < -0.3 is 19.9 Å². The molecule has 1 heterocycles. The van der Waals surface area contributed by atoms with Crippen molar-refractivity contribution in [1.82, 2.24) is 5.32 Å². The Morgan fingerprint density at radius 2 is 1.87 bits per heavy atom. The van der Waals surface area contributed by atoms with Crippen molar-refractivity contribution in [2.24, 2.45) is 5.92 Å². The van der Waals surface area contributed by atoms with Crippen LogP contribution in [-0.2, 0) is 16.0 Å². The molecule has 6 nitrogen and oxygen atoms in total. The second-order valence-electron chi connectivity index (χ2n) is 5.78. The van der Waals surface area contributed by atoms with Gasteiger partial charge >= 0.3 is 5.97 Å². The molecule has 0 spiro atoms. The molecule has 2 N–H and O–H groups in total. The Kier molecular flexibility index (Phi) is 5.71. The molecule has 0 bridgehead atoms. The number of carboxylic acid groups (broad SMARTS) is 1. The number of aliphatic carboxylic acids is 1. The van der Waals surface area contributed by atoms with Gasteiger partial charge in [0.05, 0.1) is 12.8 Å². The number of carbonyl (C=O) groups is 2. The number of nitrogens with one attached hydrogen (secondary N) is 1. The quantitative estimate of drug-likeness (QED) is 0.829. The zero-order valence-corrected chi connectivity index (χ0v) is 13.9. The maximum absolute atomic E-state index is 12.2. The molecular weight excluding hydrogens is 322 g/mol. The maximum Gasteiger partial charge on any atom is 0.305 e. The van der Waals surface area contributed by atoms with Crippen LogP contribution in [0.15, 0.2) is 12.1 Å². The standard InChI is InChI=1S/C16H20ClNO5/c1-9(2)12(8-16(20)21)18-15(19)6-10-5-13-14(7-11(10)17)23-4-3-22-13/h5,7,9,12H,3-4,6,8H2,1-2H3,(H,18,19)(H,20,21). The fourth-order valence-electron chi connectivity index (χ4n) is 2.31. The largest absolute Gasteiger partial charge is 0.486 e. The first kappa shape index (κ1) is 17.4. The van der Waals surface area contributed by atoms with Gasteiger partial charge in [-0.2, -0.15) is 0 Å². The number of hydrogen-bond donors (Lipinski definition) is 2. The van der Waals surface area contributed by atoms with E-state index < -0.39 is 12.0 Å². The van der Waals surface area contributed by atoms with Crippen LogP contribution >= 0.6 is 11.6 Å². The van der Waals surface area contributed by atoms with Crippen LogP contribution in [0.1, 0.15) is 25.8 Å². The fraction of sp³-hybridized carbons (Fsp3) is 0.500. The van der Waals surface area contributed by atoms with Crippen LogP contribution < -0.4 is 14.8 Å². The summed E-state index contributed by atoms with van der Waals surface area (Å²) < 4.78 is 10.9. The highest BCUT2D eigenvalue weighted by Gasteiger charge is 2.21. The molecule has 1 atom stereocenters. The molecule has 126 valence electrons. The summed E-state index contributed by atoms with van der Waals surface area (Å²) in [6.07, 6.45) is -0.0589. The number of ether oxygens (including phenoxy) is 2. The van der Waals surface area contributed by atoms with Gasteiger partial charge in [0.25, 0.3) is 0 Å². The zero-order chi connectivity index (χ0) is 17.0. The third-order valence-electron chi connectivity index (χ3n) is 3.61. The van der Waals surface area contributed by atoms with Gasteiger partial charge in [-0.15, -0.1) is 0 Å². The number of carboxylic acids is 1. The van der Waals surface area contributed by atoms with Crippen LogP contribution in [-0.4, -0.2) is 36.2 Å². The van der Waals surface area contributed by atoms with E-state index in [9.17, 15) is 9.59 Å². The average Bonchev–Trinajstić information content (AvgIpc) is 2.46. The van der Waals surface area contributed by atoms with Crippen LogP contribution in [0.3, 0.4) is 0 Å². The van der Waals surface area contributed by atoms with E-state index in [4.69, 9.17) is 26.2 Å². The average molecular weight is 342 g/mol. The summed E-state index contributed by atoms with van der Waals surface area (Å²) in [5.74, 6) is -0.0681. The normalized spacial score (nSPS) is 14.4. The van der Waals surface area contributed by atoms with Crippen LogP contribution in [0, 0.1) is 5.92 Å². The summed E-state index contributed by atoms with van der Waals surface area (Å²) in [4.78, 5) is 23.1. The van der Waals surface area contributed by atoms with Crippen molar-refractivity contribution < 1.29 is 24.2 Å². The number of benzene rings is 1. The van der Waals surface area contributed by atoms with Crippen molar-refractivity contribution in [1.29, 1.82) is 0 Å². The van der Waals surface area contributed by atoms with Gasteiger partial charge in [-0.05, 0) is 17.5 Å². The summed E-state index contributed by atoms with van der Waals surface area (Å²) >= 11 is 6.18. The third-order valence-corrected chi connectivity index (χ3v) is 3.96. The number of fused-ring (bicyclic) bond motifs is 1. The van der Waals surface area contributed by atoms with Crippen molar-refractivity contribution >= 4 is 23.5 Å². The predicted molar refractivity (Wildman–Crippen MR) is 85.2 cm³/mol. The van der Waals surface area contributed by atoms with E-state index >= 15 is 0 Å². The number of rotatable bonds is 6. The number of halogens is 1. The first-order valence-electron chi connectivity index (χ1n) is 7.46. The number of hydrogen-bond acceptors (Lipinski definition) is 4. The summed E-state index contributed by atoms with van der Waals surface area (Å²) in [5.41, 5.74) is 0.617. The number of amides is 1. The second kappa shape index (κ2) is 7.55. The summed E-state index contributed by atoms with van der Waals surface area (Å²) in [5, 5.41) is 12.1. The zero-order valence-electron chi connectivity index (χ0n) is 13.1. The van der Waals surface area contributed by atoms with Crippen LogP contribution in [0.2, 0.25) is 5.02 Å². The SMILES string of the molecule is CC(C)C(CC(=O)O)NC(=O)Cc1cc2c(cc1Cl)OCCO2. The van der Waals surface area contributed by atoms with Crippen molar-refractivity contribution in [2.75, 3.05) is 13.2 Å². The topological polar surface area (TPSA) is 84.9 Å². The molecule has 1 aromatic rings. The minimum absolute atomic E-state index is 0.0192. The van der Waals surface area contributed by atoms with Crippen LogP contribution in [0.5, 0.6) is 11.5 Å². The fourth-order valence-corrected chi connectivity index (χ4v) is 2.53. The van der Waals surface area contributed by atoms with E-state index in [0.717, 1.165) is 0 Å². The third kappa shape index (κ3) is 4.76. The molecule has 1 aromatic carbocycles. The Hall–Kier alpha value is -1.95. The van der Waals surface area contributed by atoms with E-state index in [1.54, 1.807) is 12.1 Å². The predicted octanol–water partition coefficient (Wildman–Crippen LogP) is 2.27. The Bertz CT molecular complexity index is 602. The van der Waals surface area contributed by atoms with Gasteiger partial charge in [0.15, 0.2) is 11.5 Å². The Labute approximate surface area is 139 Å².